The van der Waals surface area contributed by atoms with Crippen LogP contribution in [0.5, 0.6) is 0 Å². The number of carbonyl (C=O) groups excluding carboxylic acids is 1. The van der Waals surface area contributed by atoms with Crippen molar-refractivity contribution in [2.75, 3.05) is 26.2 Å². The number of rotatable bonds is 9. The first kappa shape index (κ1) is 20.5. The third kappa shape index (κ3) is 7.15. The second kappa shape index (κ2) is 10.4. The quantitative estimate of drug-likeness (QED) is 0.394. The number of hydrogen-bond acceptors (Lipinski definition) is 4. The van der Waals surface area contributed by atoms with E-state index in [1.165, 1.54) is 11.8 Å². The molecule has 1 aromatic carbocycles. The summed E-state index contributed by atoms with van der Waals surface area (Å²) in [5, 5.41) is 19.4. The summed E-state index contributed by atoms with van der Waals surface area (Å²) >= 11 is 0. The molecule has 0 saturated heterocycles. The van der Waals surface area contributed by atoms with Gasteiger partial charge in [-0.3, -0.25) is 4.79 Å². The summed E-state index contributed by atoms with van der Waals surface area (Å²) in [7, 11) is 0. The maximum absolute atomic E-state index is 12.0. The Morgan fingerprint density at radius 1 is 1.15 bits per heavy atom. The molecule has 4 N–H and O–H groups in total. The van der Waals surface area contributed by atoms with Crippen LogP contribution in [0.4, 0.5) is 0 Å². The zero-order valence-corrected chi connectivity index (χ0v) is 15.9. The van der Waals surface area contributed by atoms with E-state index in [0.29, 0.717) is 24.8 Å². The van der Waals surface area contributed by atoms with Gasteiger partial charge >= 0.3 is 0 Å². The van der Waals surface area contributed by atoms with Crippen LogP contribution in [0.25, 0.3) is 0 Å². The molecule has 2 rings (SSSR count). The fraction of sp³-hybridized carbons (Fsp3) is 0.400. The molecule has 0 fully saturated rings. The molecule has 0 bridgehead atoms. The first-order valence-electron chi connectivity index (χ1n) is 9.10. The van der Waals surface area contributed by atoms with Crippen LogP contribution in [0, 0.1) is 0 Å². The highest BCUT2D eigenvalue weighted by molar-refractivity contribution is 5.84. The van der Waals surface area contributed by atoms with Gasteiger partial charge in [0.25, 0.3) is 0 Å². The van der Waals surface area contributed by atoms with E-state index in [1.807, 2.05) is 37.3 Å². The Kier molecular flexibility index (Phi) is 7.88. The van der Waals surface area contributed by atoms with E-state index in [-0.39, 0.29) is 19.0 Å². The molecular formula is C20H28N4O3. The predicted octanol–water partition coefficient (Wildman–Crippen LogP) is 1.40. The number of furan rings is 1. The van der Waals surface area contributed by atoms with Crippen molar-refractivity contribution in [1.82, 2.24) is 16.0 Å². The molecule has 1 atom stereocenters. The first-order valence-corrected chi connectivity index (χ1v) is 9.10. The minimum Gasteiger partial charge on any atom is -0.466 e. The fourth-order valence-corrected chi connectivity index (χ4v) is 2.47. The molecule has 7 heteroatoms. The van der Waals surface area contributed by atoms with Gasteiger partial charge in [-0.25, -0.2) is 4.99 Å². The van der Waals surface area contributed by atoms with Crippen LogP contribution in [0.2, 0.25) is 0 Å². The lowest BCUT2D eigenvalue weighted by atomic mass is 10.0. The largest absolute Gasteiger partial charge is 0.466 e. The SMILES string of the molecule is CCNC(=NCC(=O)NCCc1ccccc1)NCC(C)(O)c1ccco1. The molecule has 0 saturated carbocycles. The molecule has 146 valence electrons. The molecule has 27 heavy (non-hydrogen) atoms. The molecule has 1 amide bonds. The summed E-state index contributed by atoms with van der Waals surface area (Å²) in [6.07, 6.45) is 2.30. The Balaban J connectivity index is 1.79. The lowest BCUT2D eigenvalue weighted by molar-refractivity contribution is -0.119. The van der Waals surface area contributed by atoms with Crippen LogP contribution in [0.3, 0.4) is 0 Å². The second-order valence-electron chi connectivity index (χ2n) is 6.39. The minimum absolute atomic E-state index is 0.00696. The Bertz CT molecular complexity index is 712. The van der Waals surface area contributed by atoms with Crippen molar-refractivity contribution < 1.29 is 14.3 Å². The first-order chi connectivity index (χ1) is 13.0. The van der Waals surface area contributed by atoms with E-state index in [2.05, 4.69) is 20.9 Å². The molecular weight excluding hydrogens is 344 g/mol. The van der Waals surface area contributed by atoms with Gasteiger partial charge in [-0.05, 0) is 38.0 Å². The summed E-state index contributed by atoms with van der Waals surface area (Å²) in [5.41, 5.74) is -0.00562. The van der Waals surface area contributed by atoms with Gasteiger partial charge in [-0.2, -0.15) is 0 Å². The molecule has 1 unspecified atom stereocenters. The standard InChI is InChI=1S/C20H28N4O3/c1-3-21-19(24-15-20(2,26)17-10-7-13-27-17)23-14-18(25)22-12-11-16-8-5-4-6-9-16/h4-10,13,26H,3,11-12,14-15H2,1-2H3,(H,22,25)(H2,21,23,24). The van der Waals surface area contributed by atoms with Crippen molar-refractivity contribution in [3.05, 3.63) is 60.1 Å². The molecule has 0 spiro atoms. The average molecular weight is 372 g/mol. The molecule has 0 aliphatic carbocycles. The Hall–Kier alpha value is -2.80. The molecule has 7 nitrogen and oxygen atoms in total. The Morgan fingerprint density at radius 2 is 1.93 bits per heavy atom. The van der Waals surface area contributed by atoms with Gasteiger partial charge in [-0.15, -0.1) is 0 Å². The highest BCUT2D eigenvalue weighted by Crippen LogP contribution is 2.19. The van der Waals surface area contributed by atoms with Crippen molar-refractivity contribution in [3.63, 3.8) is 0 Å². The van der Waals surface area contributed by atoms with Crippen molar-refractivity contribution in [2.45, 2.75) is 25.9 Å². The molecule has 0 radical (unpaired) electrons. The number of amides is 1. The van der Waals surface area contributed by atoms with Gasteiger partial charge in [0.05, 0.1) is 12.8 Å². The number of nitrogens with one attached hydrogen (secondary N) is 3. The highest BCUT2D eigenvalue weighted by atomic mass is 16.4. The summed E-state index contributed by atoms with van der Waals surface area (Å²) < 4.78 is 5.26. The fourth-order valence-electron chi connectivity index (χ4n) is 2.47. The minimum atomic E-state index is -1.18. The van der Waals surface area contributed by atoms with Crippen molar-refractivity contribution in [2.24, 2.45) is 4.99 Å². The Labute approximate surface area is 159 Å². The van der Waals surface area contributed by atoms with Crippen molar-refractivity contribution in [3.8, 4) is 0 Å². The molecule has 0 aliphatic rings. The van der Waals surface area contributed by atoms with E-state index in [9.17, 15) is 9.90 Å². The number of carbonyl (C=O) groups is 1. The van der Waals surface area contributed by atoms with Crippen LogP contribution >= 0.6 is 0 Å². The summed E-state index contributed by atoms with van der Waals surface area (Å²) in [6.45, 7) is 5.00. The van der Waals surface area contributed by atoms with E-state index in [1.54, 1.807) is 19.1 Å². The number of aliphatic hydroxyl groups is 1. The van der Waals surface area contributed by atoms with E-state index in [4.69, 9.17) is 4.42 Å². The molecule has 0 aliphatic heterocycles. The number of benzene rings is 1. The van der Waals surface area contributed by atoms with E-state index < -0.39 is 5.60 Å². The lowest BCUT2D eigenvalue weighted by Gasteiger charge is -2.22. The van der Waals surface area contributed by atoms with Crippen molar-refractivity contribution >= 4 is 11.9 Å². The maximum atomic E-state index is 12.0. The highest BCUT2D eigenvalue weighted by Gasteiger charge is 2.26. The average Bonchev–Trinajstić information content (AvgIpc) is 3.21. The topological polar surface area (TPSA) is 98.9 Å². The number of nitrogens with zero attached hydrogens (tertiary/aromatic N) is 1. The number of hydrogen-bond donors (Lipinski definition) is 4. The van der Waals surface area contributed by atoms with Gasteiger partial charge < -0.3 is 25.5 Å². The maximum Gasteiger partial charge on any atom is 0.241 e. The van der Waals surface area contributed by atoms with E-state index >= 15 is 0 Å². The van der Waals surface area contributed by atoms with Gasteiger partial charge in [0.2, 0.25) is 5.91 Å². The molecule has 1 aromatic heterocycles. The van der Waals surface area contributed by atoms with Gasteiger partial charge in [0.1, 0.15) is 17.9 Å². The third-order valence-electron chi connectivity index (χ3n) is 3.96. The van der Waals surface area contributed by atoms with Gasteiger partial charge in [-0.1, -0.05) is 30.3 Å². The number of guanidine groups is 1. The van der Waals surface area contributed by atoms with Gasteiger partial charge in [0.15, 0.2) is 5.96 Å². The summed E-state index contributed by atoms with van der Waals surface area (Å²) in [5.74, 6) is 0.771. The van der Waals surface area contributed by atoms with Crippen LogP contribution in [0.15, 0.2) is 58.1 Å². The smallest absolute Gasteiger partial charge is 0.241 e. The zero-order valence-electron chi connectivity index (χ0n) is 15.9. The van der Waals surface area contributed by atoms with Crippen molar-refractivity contribution in [1.29, 1.82) is 0 Å². The van der Waals surface area contributed by atoms with Gasteiger partial charge in [0, 0.05) is 13.1 Å². The van der Waals surface area contributed by atoms with Crippen LogP contribution < -0.4 is 16.0 Å². The lowest BCUT2D eigenvalue weighted by Crippen LogP contribution is -2.45. The van der Waals surface area contributed by atoms with Crippen LogP contribution in [-0.2, 0) is 16.8 Å². The molecule has 2 aromatic rings. The normalized spacial score (nSPS) is 13.7. The summed E-state index contributed by atoms with van der Waals surface area (Å²) in [6, 6.07) is 13.4. The number of aliphatic imine (C=N–C) groups is 1. The van der Waals surface area contributed by atoms with E-state index in [0.717, 1.165) is 6.42 Å². The summed E-state index contributed by atoms with van der Waals surface area (Å²) in [4.78, 5) is 16.3. The molecule has 1 heterocycles. The van der Waals surface area contributed by atoms with Crippen LogP contribution in [0.1, 0.15) is 25.2 Å². The predicted molar refractivity (Wildman–Crippen MR) is 105 cm³/mol. The monoisotopic (exact) mass is 372 g/mol. The second-order valence-corrected chi connectivity index (χ2v) is 6.39. The third-order valence-corrected chi connectivity index (χ3v) is 3.96. The zero-order chi connectivity index (χ0) is 19.5. The van der Waals surface area contributed by atoms with Crippen LogP contribution in [-0.4, -0.2) is 43.2 Å². The Morgan fingerprint density at radius 3 is 2.59 bits per heavy atom.